The Bertz CT molecular complexity index is 966. The fourth-order valence-electron chi connectivity index (χ4n) is 3.01. The average Bonchev–Trinajstić information content (AvgIpc) is 2.73. The number of piperidine rings is 1. The van der Waals surface area contributed by atoms with Crippen LogP contribution >= 0.6 is 0 Å². The molecule has 148 valence electrons. The molecule has 0 aromatic heterocycles. The van der Waals surface area contributed by atoms with E-state index in [2.05, 4.69) is 0 Å². The number of benzene rings is 2. The van der Waals surface area contributed by atoms with Crippen LogP contribution in [0, 0.1) is 10.1 Å². The molecule has 0 atom stereocenters. The number of non-ortho nitro benzene ring substituents is 1. The lowest BCUT2D eigenvalue weighted by atomic mass is 10.2. The smallest absolute Gasteiger partial charge is 0.338 e. The van der Waals surface area contributed by atoms with Crippen LogP contribution in [-0.4, -0.2) is 36.7 Å². The molecule has 1 aliphatic heterocycles. The summed E-state index contributed by atoms with van der Waals surface area (Å²) in [6, 6.07) is 11.4. The summed E-state index contributed by atoms with van der Waals surface area (Å²) < 4.78 is 31.9. The van der Waals surface area contributed by atoms with Crippen LogP contribution in [0.2, 0.25) is 0 Å². The van der Waals surface area contributed by atoms with E-state index in [4.69, 9.17) is 4.74 Å². The van der Waals surface area contributed by atoms with Gasteiger partial charge in [-0.25, -0.2) is 13.2 Å². The first kappa shape index (κ1) is 20.0. The summed E-state index contributed by atoms with van der Waals surface area (Å²) in [6.07, 6.45) is 2.73. The van der Waals surface area contributed by atoms with Crippen LogP contribution in [0.4, 0.5) is 5.69 Å². The fourth-order valence-corrected chi connectivity index (χ4v) is 4.53. The van der Waals surface area contributed by atoms with Crippen LogP contribution in [0.5, 0.6) is 0 Å². The third-order valence-electron chi connectivity index (χ3n) is 4.53. The Morgan fingerprint density at radius 2 is 1.75 bits per heavy atom. The number of carbonyl (C=O) groups is 1. The normalized spacial score (nSPS) is 15.1. The Hall–Kier alpha value is -2.78. The monoisotopic (exact) mass is 404 g/mol. The number of ether oxygens (including phenoxy) is 1. The number of carbonyl (C=O) groups excluding carboxylic acids is 1. The molecule has 1 fully saturated rings. The van der Waals surface area contributed by atoms with Gasteiger partial charge in [-0.05, 0) is 42.7 Å². The predicted octanol–water partition coefficient (Wildman–Crippen LogP) is 3.13. The third-order valence-corrected chi connectivity index (χ3v) is 6.45. The predicted molar refractivity (Wildman–Crippen MR) is 101 cm³/mol. The zero-order chi connectivity index (χ0) is 20.1. The number of esters is 1. The molecule has 0 N–H and O–H groups in total. The second-order valence-electron chi connectivity index (χ2n) is 6.49. The summed E-state index contributed by atoms with van der Waals surface area (Å²) in [5.74, 6) is -0.631. The summed E-state index contributed by atoms with van der Waals surface area (Å²) in [6.45, 7) is 0.902. The fraction of sp³-hybridized carbons (Fsp3) is 0.316. The van der Waals surface area contributed by atoms with E-state index in [-0.39, 0.29) is 22.8 Å². The number of nitro groups is 1. The van der Waals surface area contributed by atoms with Gasteiger partial charge in [0, 0.05) is 25.2 Å². The van der Waals surface area contributed by atoms with E-state index in [9.17, 15) is 23.3 Å². The van der Waals surface area contributed by atoms with Crippen LogP contribution < -0.4 is 0 Å². The third kappa shape index (κ3) is 4.55. The van der Waals surface area contributed by atoms with Crippen molar-refractivity contribution in [3.63, 3.8) is 0 Å². The maximum Gasteiger partial charge on any atom is 0.338 e. The van der Waals surface area contributed by atoms with Crippen molar-refractivity contribution < 1.29 is 22.9 Å². The summed E-state index contributed by atoms with van der Waals surface area (Å²) in [7, 11) is -3.56. The second kappa shape index (κ2) is 8.49. The Morgan fingerprint density at radius 1 is 1.07 bits per heavy atom. The summed E-state index contributed by atoms with van der Waals surface area (Å²) >= 11 is 0. The van der Waals surface area contributed by atoms with Gasteiger partial charge < -0.3 is 4.74 Å². The largest absolute Gasteiger partial charge is 0.457 e. The lowest BCUT2D eigenvalue weighted by molar-refractivity contribution is -0.384. The quantitative estimate of drug-likeness (QED) is 0.416. The molecule has 0 radical (unpaired) electrons. The molecule has 3 rings (SSSR count). The highest BCUT2D eigenvalue weighted by Gasteiger charge is 2.26. The number of sulfonamides is 1. The van der Waals surface area contributed by atoms with E-state index < -0.39 is 20.9 Å². The van der Waals surface area contributed by atoms with Gasteiger partial charge in [-0.1, -0.05) is 18.6 Å². The highest BCUT2D eigenvalue weighted by molar-refractivity contribution is 7.89. The Balaban J connectivity index is 1.65. The van der Waals surface area contributed by atoms with Gasteiger partial charge in [0.25, 0.3) is 5.69 Å². The molecule has 1 heterocycles. The Morgan fingerprint density at radius 3 is 2.39 bits per heavy atom. The van der Waals surface area contributed by atoms with Crippen LogP contribution in [0.25, 0.3) is 0 Å². The second-order valence-corrected chi connectivity index (χ2v) is 8.43. The zero-order valence-corrected chi connectivity index (χ0v) is 15.9. The summed E-state index contributed by atoms with van der Waals surface area (Å²) in [5, 5.41) is 10.8. The molecule has 0 spiro atoms. The van der Waals surface area contributed by atoms with E-state index in [1.807, 2.05) is 0 Å². The molecule has 28 heavy (non-hydrogen) atoms. The lowest BCUT2D eigenvalue weighted by Gasteiger charge is -2.25. The van der Waals surface area contributed by atoms with Gasteiger partial charge in [-0.15, -0.1) is 0 Å². The molecule has 0 saturated carbocycles. The molecule has 1 aliphatic rings. The van der Waals surface area contributed by atoms with Crippen molar-refractivity contribution >= 4 is 21.7 Å². The number of nitrogens with zero attached hydrogens (tertiary/aromatic N) is 2. The first-order valence-electron chi connectivity index (χ1n) is 8.88. The van der Waals surface area contributed by atoms with Crippen molar-refractivity contribution in [3.8, 4) is 0 Å². The Kier molecular flexibility index (Phi) is 6.05. The van der Waals surface area contributed by atoms with Gasteiger partial charge in [0.2, 0.25) is 10.0 Å². The molecule has 9 heteroatoms. The van der Waals surface area contributed by atoms with Gasteiger partial charge in [-0.2, -0.15) is 4.31 Å². The van der Waals surface area contributed by atoms with E-state index in [1.54, 1.807) is 6.07 Å². The molecule has 0 bridgehead atoms. The van der Waals surface area contributed by atoms with Crippen LogP contribution in [-0.2, 0) is 21.4 Å². The highest BCUT2D eigenvalue weighted by Crippen LogP contribution is 2.21. The standard InChI is InChI=1S/C19H20N2O6S/c22-19(27-14-15-5-4-6-17(13-15)21(23)24)16-7-9-18(10-8-16)28(25,26)20-11-2-1-3-12-20/h4-10,13H,1-3,11-12,14H2. The summed E-state index contributed by atoms with van der Waals surface area (Å²) in [4.78, 5) is 22.6. The van der Waals surface area contributed by atoms with Crippen molar-refractivity contribution in [2.75, 3.05) is 13.1 Å². The minimum absolute atomic E-state index is 0.0826. The van der Waals surface area contributed by atoms with Gasteiger partial charge in [0.15, 0.2) is 0 Å². The SMILES string of the molecule is O=C(OCc1cccc([N+](=O)[O-])c1)c1ccc(S(=O)(=O)N2CCCCC2)cc1. The first-order valence-corrected chi connectivity index (χ1v) is 10.3. The molecule has 0 unspecified atom stereocenters. The lowest BCUT2D eigenvalue weighted by Crippen LogP contribution is -2.35. The van der Waals surface area contributed by atoms with E-state index in [1.165, 1.54) is 46.8 Å². The highest BCUT2D eigenvalue weighted by atomic mass is 32.2. The number of rotatable bonds is 6. The van der Waals surface area contributed by atoms with Gasteiger partial charge in [-0.3, -0.25) is 10.1 Å². The molecule has 8 nitrogen and oxygen atoms in total. The number of hydrogen-bond donors (Lipinski definition) is 0. The molecule has 0 aliphatic carbocycles. The number of hydrogen-bond acceptors (Lipinski definition) is 6. The van der Waals surface area contributed by atoms with Crippen LogP contribution in [0.3, 0.4) is 0 Å². The van der Waals surface area contributed by atoms with Crippen LogP contribution in [0.1, 0.15) is 35.2 Å². The molecule has 2 aromatic rings. The Labute approximate surface area is 162 Å². The molecule has 1 saturated heterocycles. The van der Waals surface area contributed by atoms with E-state index in [0.29, 0.717) is 18.7 Å². The van der Waals surface area contributed by atoms with Crippen molar-refractivity contribution in [1.29, 1.82) is 0 Å². The minimum Gasteiger partial charge on any atom is -0.457 e. The van der Waals surface area contributed by atoms with Crippen molar-refractivity contribution in [1.82, 2.24) is 4.31 Å². The first-order chi connectivity index (χ1) is 13.4. The maximum atomic E-state index is 12.6. The maximum absolute atomic E-state index is 12.6. The van der Waals surface area contributed by atoms with Gasteiger partial charge in [0.1, 0.15) is 6.61 Å². The van der Waals surface area contributed by atoms with Crippen LogP contribution in [0.15, 0.2) is 53.4 Å². The molecule has 0 amide bonds. The zero-order valence-electron chi connectivity index (χ0n) is 15.1. The van der Waals surface area contributed by atoms with Crippen molar-refractivity contribution in [3.05, 3.63) is 69.8 Å². The molecular formula is C19H20N2O6S. The minimum atomic E-state index is -3.56. The van der Waals surface area contributed by atoms with E-state index in [0.717, 1.165) is 19.3 Å². The van der Waals surface area contributed by atoms with Gasteiger partial charge in [0.05, 0.1) is 15.4 Å². The molecule has 2 aromatic carbocycles. The average molecular weight is 404 g/mol. The topological polar surface area (TPSA) is 107 Å². The van der Waals surface area contributed by atoms with Crippen molar-refractivity contribution in [2.45, 2.75) is 30.8 Å². The number of nitro benzene ring substituents is 1. The van der Waals surface area contributed by atoms with E-state index >= 15 is 0 Å². The van der Waals surface area contributed by atoms with Gasteiger partial charge >= 0.3 is 5.97 Å². The summed E-state index contributed by atoms with van der Waals surface area (Å²) in [5.41, 5.74) is 0.621. The van der Waals surface area contributed by atoms with Crippen molar-refractivity contribution in [2.24, 2.45) is 0 Å². The molecular weight excluding hydrogens is 384 g/mol.